The van der Waals surface area contributed by atoms with E-state index < -0.39 is 29.3 Å². The van der Waals surface area contributed by atoms with Crippen LogP contribution >= 0.6 is 0 Å². The number of nitrogens with one attached hydrogen (secondary N) is 1. The normalized spacial score (nSPS) is 12.8. The van der Waals surface area contributed by atoms with Gasteiger partial charge < -0.3 is 15.2 Å². The Balaban J connectivity index is 2.35. The summed E-state index contributed by atoms with van der Waals surface area (Å²) in [6.45, 7) is -0.381. The Kier molecular flexibility index (Phi) is 5.07. The van der Waals surface area contributed by atoms with Crippen LogP contribution in [0.25, 0.3) is 0 Å². The molecule has 2 rings (SSSR count). The molecule has 0 bridgehead atoms. The standard InChI is InChI=1S/C14H15F3N4O3/c1-21-6-8(4-19-21)11(7-22)20-12-3-10(14(15,16)17)9(5-18-12)13(23)24-2/h3-6,11,22H,7H2,1-2H3,(H,18,20). The van der Waals surface area contributed by atoms with Gasteiger partial charge >= 0.3 is 12.1 Å². The molecule has 2 aromatic rings. The van der Waals surface area contributed by atoms with Gasteiger partial charge in [0.15, 0.2) is 0 Å². The van der Waals surface area contributed by atoms with Crippen LogP contribution in [0.2, 0.25) is 0 Å². The molecule has 24 heavy (non-hydrogen) atoms. The molecule has 0 saturated carbocycles. The Bertz CT molecular complexity index is 730. The van der Waals surface area contributed by atoms with Crippen LogP contribution in [-0.4, -0.2) is 39.6 Å². The van der Waals surface area contributed by atoms with Gasteiger partial charge in [0.1, 0.15) is 5.82 Å². The van der Waals surface area contributed by atoms with Gasteiger partial charge in [-0.2, -0.15) is 18.3 Å². The predicted octanol–water partition coefficient (Wildman–Crippen LogP) is 1.77. The Hall–Kier alpha value is -2.62. The fraction of sp³-hybridized carbons (Fsp3) is 0.357. The van der Waals surface area contributed by atoms with E-state index in [1.807, 2.05) is 0 Å². The van der Waals surface area contributed by atoms with Gasteiger partial charge in [-0.15, -0.1) is 0 Å². The van der Waals surface area contributed by atoms with E-state index in [2.05, 4.69) is 20.1 Å². The molecule has 0 aliphatic rings. The molecule has 2 N–H and O–H groups in total. The van der Waals surface area contributed by atoms with Crippen LogP contribution in [-0.2, 0) is 18.0 Å². The molecule has 10 heteroatoms. The Morgan fingerprint density at radius 3 is 2.67 bits per heavy atom. The highest BCUT2D eigenvalue weighted by atomic mass is 19.4. The maximum Gasteiger partial charge on any atom is 0.417 e. The molecule has 0 amide bonds. The first kappa shape index (κ1) is 17.7. The third-order valence-corrected chi connectivity index (χ3v) is 3.25. The van der Waals surface area contributed by atoms with Crippen molar-refractivity contribution in [1.82, 2.24) is 14.8 Å². The molecule has 2 heterocycles. The highest BCUT2D eigenvalue weighted by Gasteiger charge is 2.36. The van der Waals surface area contributed by atoms with Crippen molar-refractivity contribution in [3.63, 3.8) is 0 Å². The van der Waals surface area contributed by atoms with E-state index in [-0.39, 0.29) is 12.4 Å². The van der Waals surface area contributed by atoms with Crippen molar-refractivity contribution in [2.45, 2.75) is 12.2 Å². The SMILES string of the molecule is COC(=O)c1cnc(NC(CO)c2cnn(C)c2)cc1C(F)(F)F. The predicted molar refractivity (Wildman–Crippen MR) is 77.2 cm³/mol. The fourth-order valence-corrected chi connectivity index (χ4v) is 2.07. The van der Waals surface area contributed by atoms with Gasteiger partial charge in [0.2, 0.25) is 0 Å². The van der Waals surface area contributed by atoms with Crippen molar-refractivity contribution in [2.24, 2.45) is 7.05 Å². The molecule has 0 spiro atoms. The first-order valence-electron chi connectivity index (χ1n) is 6.77. The number of aromatic nitrogens is 3. The van der Waals surface area contributed by atoms with Gasteiger partial charge in [-0.05, 0) is 6.07 Å². The van der Waals surface area contributed by atoms with Gasteiger partial charge in [0.25, 0.3) is 0 Å². The third-order valence-electron chi connectivity index (χ3n) is 3.25. The minimum atomic E-state index is -4.76. The van der Waals surface area contributed by atoms with E-state index in [1.165, 1.54) is 10.9 Å². The molecule has 0 aromatic carbocycles. The molecule has 1 atom stereocenters. The van der Waals surface area contributed by atoms with Crippen molar-refractivity contribution in [1.29, 1.82) is 0 Å². The zero-order chi connectivity index (χ0) is 17.9. The molecule has 0 saturated heterocycles. The lowest BCUT2D eigenvalue weighted by Gasteiger charge is -2.17. The van der Waals surface area contributed by atoms with Gasteiger partial charge in [-0.1, -0.05) is 0 Å². The van der Waals surface area contributed by atoms with Crippen LogP contribution < -0.4 is 5.32 Å². The Morgan fingerprint density at radius 1 is 1.46 bits per heavy atom. The summed E-state index contributed by atoms with van der Waals surface area (Å²) in [6, 6.07) is 0.00178. The molecule has 0 radical (unpaired) electrons. The number of carbonyl (C=O) groups is 1. The number of rotatable bonds is 5. The number of aliphatic hydroxyl groups is 1. The van der Waals surface area contributed by atoms with E-state index >= 15 is 0 Å². The quantitative estimate of drug-likeness (QED) is 0.804. The van der Waals surface area contributed by atoms with Crippen LogP contribution in [0.3, 0.4) is 0 Å². The second-order valence-electron chi connectivity index (χ2n) is 4.93. The third kappa shape index (κ3) is 3.82. The molecule has 130 valence electrons. The van der Waals surface area contributed by atoms with Crippen molar-refractivity contribution in [3.8, 4) is 0 Å². The summed E-state index contributed by atoms with van der Waals surface area (Å²) in [7, 11) is 2.65. The van der Waals surface area contributed by atoms with E-state index in [0.29, 0.717) is 11.6 Å². The second-order valence-corrected chi connectivity index (χ2v) is 4.93. The molecular formula is C14H15F3N4O3. The zero-order valence-electron chi connectivity index (χ0n) is 12.8. The maximum absolute atomic E-state index is 13.1. The molecule has 2 aromatic heterocycles. The number of hydrogen-bond acceptors (Lipinski definition) is 6. The average Bonchev–Trinajstić information content (AvgIpc) is 2.97. The Labute approximate surface area is 135 Å². The van der Waals surface area contributed by atoms with Crippen molar-refractivity contribution in [2.75, 3.05) is 19.0 Å². The molecule has 7 nitrogen and oxygen atoms in total. The topological polar surface area (TPSA) is 89.3 Å². The van der Waals surface area contributed by atoms with E-state index in [9.17, 15) is 23.1 Å². The minimum absolute atomic E-state index is 0.141. The summed E-state index contributed by atoms with van der Waals surface area (Å²) in [5, 5.41) is 16.1. The number of nitrogens with zero attached hydrogens (tertiary/aromatic N) is 3. The first-order valence-corrected chi connectivity index (χ1v) is 6.77. The van der Waals surface area contributed by atoms with Crippen LogP contribution in [0.5, 0.6) is 0 Å². The number of methoxy groups -OCH3 is 1. The minimum Gasteiger partial charge on any atom is -0.465 e. The fourth-order valence-electron chi connectivity index (χ4n) is 2.07. The lowest BCUT2D eigenvalue weighted by molar-refractivity contribution is -0.138. The van der Waals surface area contributed by atoms with E-state index in [4.69, 9.17) is 0 Å². The molecule has 0 aliphatic carbocycles. The number of aryl methyl sites for hydroxylation is 1. The molecule has 0 fully saturated rings. The highest BCUT2D eigenvalue weighted by molar-refractivity contribution is 5.91. The van der Waals surface area contributed by atoms with Crippen LogP contribution in [0.4, 0.5) is 19.0 Å². The zero-order valence-corrected chi connectivity index (χ0v) is 12.8. The number of esters is 1. The molecule has 0 aliphatic heterocycles. The second kappa shape index (κ2) is 6.87. The Morgan fingerprint density at radius 2 is 2.17 bits per heavy atom. The smallest absolute Gasteiger partial charge is 0.417 e. The largest absolute Gasteiger partial charge is 0.465 e. The number of halogens is 3. The lowest BCUT2D eigenvalue weighted by Crippen LogP contribution is -2.18. The van der Waals surface area contributed by atoms with Gasteiger partial charge in [-0.25, -0.2) is 9.78 Å². The summed E-state index contributed by atoms with van der Waals surface area (Å²) < 4.78 is 45.3. The number of pyridine rings is 1. The van der Waals surface area contributed by atoms with Crippen LogP contribution in [0, 0.1) is 0 Å². The van der Waals surface area contributed by atoms with Crippen LogP contribution in [0.15, 0.2) is 24.7 Å². The van der Waals surface area contributed by atoms with E-state index in [1.54, 1.807) is 13.2 Å². The number of anilines is 1. The first-order chi connectivity index (χ1) is 11.3. The monoisotopic (exact) mass is 344 g/mol. The summed E-state index contributed by atoms with van der Waals surface area (Å²) >= 11 is 0. The highest BCUT2D eigenvalue weighted by Crippen LogP contribution is 2.34. The van der Waals surface area contributed by atoms with E-state index in [0.717, 1.165) is 13.3 Å². The number of carbonyl (C=O) groups excluding carboxylic acids is 1. The van der Waals surface area contributed by atoms with Gasteiger partial charge in [-0.3, -0.25) is 4.68 Å². The number of ether oxygens (including phenoxy) is 1. The van der Waals surface area contributed by atoms with Crippen LogP contribution in [0.1, 0.15) is 27.5 Å². The number of aliphatic hydroxyl groups excluding tert-OH is 1. The maximum atomic E-state index is 13.1. The van der Waals surface area contributed by atoms with Crippen molar-refractivity contribution >= 4 is 11.8 Å². The lowest BCUT2D eigenvalue weighted by atomic mass is 10.1. The molecule has 1 unspecified atom stereocenters. The number of alkyl halides is 3. The number of hydrogen-bond donors (Lipinski definition) is 2. The summed E-state index contributed by atoms with van der Waals surface area (Å²) in [5.41, 5.74) is -1.28. The summed E-state index contributed by atoms with van der Waals surface area (Å²) in [4.78, 5) is 15.3. The van der Waals surface area contributed by atoms with Gasteiger partial charge in [0, 0.05) is 25.0 Å². The molecular weight excluding hydrogens is 329 g/mol. The average molecular weight is 344 g/mol. The van der Waals surface area contributed by atoms with Crippen molar-refractivity contribution < 1.29 is 27.8 Å². The summed E-state index contributed by atoms with van der Waals surface area (Å²) in [5.74, 6) is -1.27. The van der Waals surface area contributed by atoms with Crippen molar-refractivity contribution in [3.05, 3.63) is 41.3 Å². The summed E-state index contributed by atoms with van der Waals surface area (Å²) in [6.07, 6.45) is -0.886. The van der Waals surface area contributed by atoms with Gasteiger partial charge in [0.05, 0.1) is 37.1 Å².